The lowest BCUT2D eigenvalue weighted by atomic mass is 9.91. The number of para-hydroxylation sites is 1. The minimum atomic E-state index is 0.703. The van der Waals surface area contributed by atoms with Gasteiger partial charge in [-0.3, -0.25) is 0 Å². The second kappa shape index (κ2) is 12.5. The summed E-state index contributed by atoms with van der Waals surface area (Å²) in [5.74, 6) is 0.703. The molecule has 0 amide bonds. The van der Waals surface area contributed by atoms with Crippen LogP contribution in [0.5, 0.6) is 0 Å². The monoisotopic (exact) mass is 723 g/mol. The van der Waals surface area contributed by atoms with Gasteiger partial charge in [0, 0.05) is 43.7 Å². The van der Waals surface area contributed by atoms with Gasteiger partial charge in [-0.25, -0.2) is 9.97 Å². The highest BCUT2D eigenvalue weighted by molar-refractivity contribution is 6.40. The van der Waals surface area contributed by atoms with Crippen LogP contribution >= 0.6 is 0 Å². The molecule has 0 aliphatic heterocycles. The smallest absolute Gasteiger partial charge is 0.160 e. The average molecular weight is 724 g/mol. The summed E-state index contributed by atoms with van der Waals surface area (Å²) in [6.07, 6.45) is 0. The van der Waals surface area contributed by atoms with Crippen LogP contribution in [0.25, 0.3) is 115 Å². The number of hydrogen-bond donors (Lipinski definition) is 0. The molecule has 0 unspecified atom stereocenters. The highest BCUT2D eigenvalue weighted by Crippen LogP contribution is 2.48. The predicted octanol–water partition coefficient (Wildman–Crippen LogP) is 14.3. The van der Waals surface area contributed by atoms with Gasteiger partial charge in [-0.05, 0) is 67.7 Å². The van der Waals surface area contributed by atoms with E-state index in [1.54, 1.807) is 0 Å². The largest absolute Gasteiger partial charge is 0.308 e. The summed E-state index contributed by atoms with van der Waals surface area (Å²) in [6.45, 7) is 0. The Labute approximate surface area is 328 Å². The van der Waals surface area contributed by atoms with Crippen molar-refractivity contribution in [3.05, 3.63) is 200 Å². The van der Waals surface area contributed by atoms with Crippen LogP contribution in [-0.4, -0.2) is 14.5 Å². The third-order valence-electron chi connectivity index (χ3n) is 11.7. The average Bonchev–Trinajstić information content (AvgIpc) is 3.66. The van der Waals surface area contributed by atoms with Crippen molar-refractivity contribution >= 4 is 75.8 Å². The van der Waals surface area contributed by atoms with E-state index in [2.05, 4.69) is 199 Å². The van der Waals surface area contributed by atoms with Gasteiger partial charge >= 0.3 is 0 Å². The highest BCUT2D eigenvalue weighted by atomic mass is 15.0. The molecule has 0 aliphatic rings. The lowest BCUT2D eigenvalue weighted by molar-refractivity contribution is 1.18. The third-order valence-corrected chi connectivity index (χ3v) is 11.7. The number of fused-ring (bicyclic) bond motifs is 14. The van der Waals surface area contributed by atoms with Crippen LogP contribution in [0.15, 0.2) is 200 Å². The lowest BCUT2D eigenvalue weighted by Gasteiger charge is -2.15. The first-order chi connectivity index (χ1) is 28.3. The number of nitrogens with zero attached hydrogens (tertiary/aromatic N) is 3. The van der Waals surface area contributed by atoms with Gasteiger partial charge in [0.2, 0.25) is 0 Å². The van der Waals surface area contributed by atoms with E-state index in [1.165, 1.54) is 76.0 Å². The normalized spacial score (nSPS) is 11.9. The van der Waals surface area contributed by atoms with Crippen molar-refractivity contribution in [2.45, 2.75) is 0 Å². The fourth-order valence-corrected chi connectivity index (χ4v) is 9.25. The van der Waals surface area contributed by atoms with Crippen LogP contribution in [0.3, 0.4) is 0 Å². The van der Waals surface area contributed by atoms with Gasteiger partial charge in [0.25, 0.3) is 0 Å². The Hall–Kier alpha value is -7.62. The van der Waals surface area contributed by atoms with Gasteiger partial charge in [-0.1, -0.05) is 176 Å². The molecule has 3 nitrogen and oxygen atoms in total. The summed E-state index contributed by atoms with van der Waals surface area (Å²) < 4.78 is 2.52. The van der Waals surface area contributed by atoms with E-state index in [9.17, 15) is 0 Å². The standard InChI is InChI=1S/C54H33N3/c1-3-16-34(17-4-1)36-30-31-43-47(33-36)41-24-9-12-27-45(41)53-50(43)49-42-25-10-7-22-39(42)40-23-8-11-26-44(40)52(49)57(53)38-21-15-20-37(32-38)54-55-48-29-14-13-28-46(48)51(56-54)35-18-5-2-6-19-35/h1-33H. The minimum Gasteiger partial charge on any atom is -0.308 e. The molecule has 0 radical (unpaired) electrons. The van der Waals surface area contributed by atoms with Crippen molar-refractivity contribution in [2.24, 2.45) is 0 Å². The number of benzene rings is 10. The zero-order valence-electron chi connectivity index (χ0n) is 30.9. The summed E-state index contributed by atoms with van der Waals surface area (Å²) in [4.78, 5) is 10.5. The molecule has 2 heterocycles. The zero-order valence-corrected chi connectivity index (χ0v) is 30.9. The molecular weight excluding hydrogens is 691 g/mol. The number of hydrogen-bond acceptors (Lipinski definition) is 2. The van der Waals surface area contributed by atoms with Crippen molar-refractivity contribution in [3.8, 4) is 39.5 Å². The maximum atomic E-state index is 5.28. The van der Waals surface area contributed by atoms with Crippen molar-refractivity contribution in [1.82, 2.24) is 14.5 Å². The van der Waals surface area contributed by atoms with Gasteiger partial charge in [0.15, 0.2) is 5.82 Å². The van der Waals surface area contributed by atoms with E-state index < -0.39 is 0 Å². The van der Waals surface area contributed by atoms with E-state index in [0.717, 1.165) is 33.4 Å². The molecule has 0 atom stereocenters. The van der Waals surface area contributed by atoms with Crippen molar-refractivity contribution < 1.29 is 0 Å². The van der Waals surface area contributed by atoms with E-state index in [0.29, 0.717) is 5.82 Å². The number of rotatable bonds is 4. The molecule has 3 heteroatoms. The molecule has 10 aromatic carbocycles. The quantitative estimate of drug-likeness (QED) is 0.169. The molecule has 0 N–H and O–H groups in total. The van der Waals surface area contributed by atoms with E-state index >= 15 is 0 Å². The number of aromatic nitrogens is 3. The van der Waals surface area contributed by atoms with Crippen LogP contribution in [0.2, 0.25) is 0 Å². The van der Waals surface area contributed by atoms with E-state index in [4.69, 9.17) is 9.97 Å². The van der Waals surface area contributed by atoms with E-state index in [-0.39, 0.29) is 0 Å². The summed E-state index contributed by atoms with van der Waals surface area (Å²) >= 11 is 0. The molecule has 0 spiro atoms. The van der Waals surface area contributed by atoms with Crippen LogP contribution < -0.4 is 0 Å². The van der Waals surface area contributed by atoms with Crippen molar-refractivity contribution in [3.63, 3.8) is 0 Å². The van der Waals surface area contributed by atoms with Gasteiger partial charge in [-0.2, -0.15) is 0 Å². The van der Waals surface area contributed by atoms with Crippen molar-refractivity contribution in [1.29, 1.82) is 0 Å². The molecule has 0 saturated heterocycles. The van der Waals surface area contributed by atoms with Crippen LogP contribution in [0.1, 0.15) is 0 Å². The maximum absolute atomic E-state index is 5.28. The molecule has 264 valence electrons. The first-order valence-corrected chi connectivity index (χ1v) is 19.5. The zero-order chi connectivity index (χ0) is 37.5. The summed E-state index contributed by atoms with van der Waals surface area (Å²) in [7, 11) is 0. The first-order valence-electron chi connectivity index (χ1n) is 19.5. The topological polar surface area (TPSA) is 30.7 Å². The Morgan fingerprint density at radius 2 is 0.807 bits per heavy atom. The fourth-order valence-electron chi connectivity index (χ4n) is 9.25. The Morgan fingerprint density at radius 3 is 1.49 bits per heavy atom. The first kappa shape index (κ1) is 31.7. The molecule has 0 saturated carbocycles. The molecular formula is C54H33N3. The third kappa shape index (κ3) is 4.79. The lowest BCUT2D eigenvalue weighted by Crippen LogP contribution is -1.98. The fraction of sp³-hybridized carbons (Fsp3) is 0. The second-order valence-electron chi connectivity index (χ2n) is 14.9. The van der Waals surface area contributed by atoms with Gasteiger partial charge in [0.05, 0.1) is 22.2 Å². The Kier molecular flexibility index (Phi) is 6.93. The SMILES string of the molecule is c1ccc(-c2ccc3c(c2)c2ccccc2c2c3c3c4ccccc4c4ccccc4c3n2-c2cccc(-c3nc(-c4ccccc4)c4ccccc4n3)c2)cc1. The van der Waals surface area contributed by atoms with Gasteiger partial charge in [0.1, 0.15) is 0 Å². The molecule has 0 fully saturated rings. The van der Waals surface area contributed by atoms with Crippen LogP contribution in [-0.2, 0) is 0 Å². The predicted molar refractivity (Wildman–Crippen MR) is 240 cm³/mol. The summed E-state index contributed by atoms with van der Waals surface area (Å²) in [5.41, 5.74) is 9.79. The van der Waals surface area contributed by atoms with Gasteiger partial charge < -0.3 is 4.57 Å². The van der Waals surface area contributed by atoms with Crippen LogP contribution in [0.4, 0.5) is 0 Å². The van der Waals surface area contributed by atoms with Crippen molar-refractivity contribution in [2.75, 3.05) is 0 Å². The maximum Gasteiger partial charge on any atom is 0.160 e. The van der Waals surface area contributed by atoms with Crippen LogP contribution in [0, 0.1) is 0 Å². The molecule has 0 aliphatic carbocycles. The Morgan fingerprint density at radius 1 is 0.298 bits per heavy atom. The highest BCUT2D eigenvalue weighted by Gasteiger charge is 2.24. The molecule has 57 heavy (non-hydrogen) atoms. The van der Waals surface area contributed by atoms with E-state index in [1.807, 2.05) is 6.07 Å². The molecule has 12 rings (SSSR count). The molecule has 12 aromatic rings. The molecule has 0 bridgehead atoms. The van der Waals surface area contributed by atoms with Gasteiger partial charge in [-0.15, -0.1) is 0 Å². The minimum absolute atomic E-state index is 0.703. The molecule has 2 aromatic heterocycles. The summed E-state index contributed by atoms with van der Waals surface area (Å²) in [5, 5.41) is 13.5. The summed E-state index contributed by atoms with van der Waals surface area (Å²) in [6, 6.07) is 72.0. The second-order valence-corrected chi connectivity index (χ2v) is 14.9. The Balaban J connectivity index is 1.23. The Bertz CT molecular complexity index is 3570.